The zero-order valence-corrected chi connectivity index (χ0v) is 22.7. The molecule has 0 bridgehead atoms. The Bertz CT molecular complexity index is 1470. The van der Waals surface area contributed by atoms with Gasteiger partial charge in [0.15, 0.2) is 0 Å². The molecule has 208 valence electrons. The van der Waals surface area contributed by atoms with E-state index in [0.717, 1.165) is 16.8 Å². The van der Waals surface area contributed by atoms with Crippen LogP contribution in [0.3, 0.4) is 0 Å². The lowest BCUT2D eigenvalue weighted by molar-refractivity contribution is 0.0406. The van der Waals surface area contributed by atoms with Gasteiger partial charge in [-0.1, -0.05) is 36.4 Å². The number of aromatic nitrogens is 2. The lowest BCUT2D eigenvalue weighted by Crippen LogP contribution is -2.31. The van der Waals surface area contributed by atoms with Crippen LogP contribution in [-0.2, 0) is 17.7 Å². The molecule has 0 spiro atoms. The Morgan fingerprint density at radius 1 is 1.07 bits per heavy atom. The first-order valence-corrected chi connectivity index (χ1v) is 13.4. The average molecular weight is 543 g/mol. The summed E-state index contributed by atoms with van der Waals surface area (Å²) < 4.78 is 13.7. The fourth-order valence-corrected chi connectivity index (χ4v) is 5.11. The molecule has 2 N–H and O–H groups in total. The number of nitrogens with one attached hydrogen (secondary N) is 1. The van der Waals surface area contributed by atoms with Gasteiger partial charge in [-0.25, -0.2) is 9.78 Å². The van der Waals surface area contributed by atoms with Gasteiger partial charge in [0, 0.05) is 42.7 Å². The van der Waals surface area contributed by atoms with Crippen LogP contribution in [-0.4, -0.2) is 71.9 Å². The highest BCUT2D eigenvalue weighted by Crippen LogP contribution is 2.36. The monoisotopic (exact) mass is 542 g/mol. The highest BCUT2D eigenvalue weighted by Gasteiger charge is 2.27. The lowest BCUT2D eigenvalue weighted by atomic mass is 9.96. The van der Waals surface area contributed by atoms with Crippen LogP contribution in [0.1, 0.15) is 26.3 Å². The van der Waals surface area contributed by atoms with Gasteiger partial charge in [-0.2, -0.15) is 0 Å². The smallest absolute Gasteiger partial charge is 0.338 e. The molecule has 4 aromatic rings. The van der Waals surface area contributed by atoms with Crippen molar-refractivity contribution in [1.82, 2.24) is 14.5 Å². The Kier molecular flexibility index (Phi) is 8.42. The van der Waals surface area contributed by atoms with Crippen molar-refractivity contribution in [3.8, 4) is 5.75 Å². The minimum absolute atomic E-state index is 0.0141. The van der Waals surface area contributed by atoms with Crippen molar-refractivity contribution in [2.45, 2.75) is 13.0 Å². The molecule has 1 amide bonds. The Morgan fingerprint density at radius 3 is 2.45 bits per heavy atom. The van der Waals surface area contributed by atoms with Gasteiger partial charge < -0.3 is 24.0 Å². The van der Waals surface area contributed by atoms with Crippen LogP contribution in [0.4, 0.5) is 5.95 Å². The summed E-state index contributed by atoms with van der Waals surface area (Å²) in [5, 5.41) is 12.9. The van der Waals surface area contributed by atoms with Crippen LogP contribution in [0.5, 0.6) is 5.75 Å². The van der Waals surface area contributed by atoms with Gasteiger partial charge in [-0.3, -0.25) is 10.1 Å². The van der Waals surface area contributed by atoms with Gasteiger partial charge in [0.2, 0.25) is 5.95 Å². The largest absolute Gasteiger partial charge is 0.493 e. The van der Waals surface area contributed by atoms with Crippen molar-refractivity contribution in [2.75, 3.05) is 45.8 Å². The van der Waals surface area contributed by atoms with Crippen LogP contribution < -0.4 is 10.1 Å². The number of ether oxygens (including phenoxy) is 2. The second-order valence-electron chi connectivity index (χ2n) is 10.4. The van der Waals surface area contributed by atoms with E-state index in [1.54, 1.807) is 36.4 Å². The van der Waals surface area contributed by atoms with Crippen LogP contribution in [0, 0.1) is 11.8 Å². The Labute approximate surface area is 233 Å². The number of carbonyl (C=O) groups is 2. The van der Waals surface area contributed by atoms with Crippen molar-refractivity contribution < 1.29 is 24.2 Å². The topological polar surface area (TPSA) is 106 Å². The molecule has 1 aliphatic rings. The third-order valence-electron chi connectivity index (χ3n) is 6.98. The summed E-state index contributed by atoms with van der Waals surface area (Å²) in [6, 6.07) is 21.7. The average Bonchev–Trinajstić information content (AvgIpc) is 3.32. The first-order chi connectivity index (χ1) is 19.4. The zero-order chi connectivity index (χ0) is 28.1. The Balaban J connectivity index is 1.51. The molecule has 0 aliphatic carbocycles. The molecule has 0 radical (unpaired) electrons. The summed E-state index contributed by atoms with van der Waals surface area (Å²) >= 11 is 0. The number of imidazole rings is 1. The molecular formula is C31H34N4O5. The van der Waals surface area contributed by atoms with Crippen molar-refractivity contribution in [2.24, 2.45) is 11.8 Å². The normalized spacial score (nSPS) is 15.3. The van der Waals surface area contributed by atoms with E-state index in [0.29, 0.717) is 48.7 Å². The van der Waals surface area contributed by atoms with Gasteiger partial charge in [-0.15, -0.1) is 0 Å². The molecule has 1 aliphatic heterocycles. The molecule has 2 unspecified atom stereocenters. The molecule has 9 nitrogen and oxygen atoms in total. The SMILES string of the molecule is CN(C)CC(COC(=O)c1ccccc1)Cn1c(NC(=O)c2ccccc2)nc2ccc3c(c21)CC(CO)CO3. The van der Waals surface area contributed by atoms with E-state index in [2.05, 4.69) is 5.32 Å². The van der Waals surface area contributed by atoms with Gasteiger partial charge >= 0.3 is 5.97 Å². The summed E-state index contributed by atoms with van der Waals surface area (Å²) in [5.41, 5.74) is 3.52. The van der Waals surface area contributed by atoms with E-state index < -0.39 is 0 Å². The van der Waals surface area contributed by atoms with Crippen LogP contribution in [0.15, 0.2) is 72.8 Å². The van der Waals surface area contributed by atoms with E-state index in [-0.39, 0.29) is 36.9 Å². The molecule has 0 fully saturated rings. The standard InChI is InChI=1S/C31H34N4O5/c1-34(2)16-22(20-40-30(38)24-11-7-4-8-12-24)17-35-28-25-15-21(18-36)19-39-27(25)14-13-26(28)32-31(35)33-29(37)23-9-5-3-6-10-23/h3-14,21-22,36H,15-20H2,1-2H3,(H,32,33,37). The van der Waals surface area contributed by atoms with E-state index >= 15 is 0 Å². The van der Waals surface area contributed by atoms with Gasteiger partial charge in [0.25, 0.3) is 5.91 Å². The third-order valence-corrected chi connectivity index (χ3v) is 6.98. The summed E-state index contributed by atoms with van der Waals surface area (Å²) in [6.07, 6.45) is 0.627. The summed E-state index contributed by atoms with van der Waals surface area (Å²) in [6.45, 7) is 1.71. The minimum Gasteiger partial charge on any atom is -0.493 e. The van der Waals surface area contributed by atoms with Crippen LogP contribution in [0.2, 0.25) is 0 Å². The number of hydrogen-bond donors (Lipinski definition) is 2. The number of carbonyl (C=O) groups excluding carboxylic acids is 2. The van der Waals surface area contributed by atoms with Crippen molar-refractivity contribution >= 4 is 28.9 Å². The molecule has 5 rings (SSSR count). The minimum atomic E-state index is -0.381. The summed E-state index contributed by atoms with van der Waals surface area (Å²) in [4.78, 5) is 32.7. The number of rotatable bonds is 10. The van der Waals surface area contributed by atoms with E-state index in [4.69, 9.17) is 14.5 Å². The van der Waals surface area contributed by atoms with Crippen molar-refractivity contribution in [1.29, 1.82) is 0 Å². The molecule has 0 saturated carbocycles. The molecule has 2 heterocycles. The fourth-order valence-electron chi connectivity index (χ4n) is 5.11. The first kappa shape index (κ1) is 27.4. The number of hydrogen-bond acceptors (Lipinski definition) is 7. The zero-order valence-electron chi connectivity index (χ0n) is 22.7. The first-order valence-electron chi connectivity index (χ1n) is 13.4. The lowest BCUT2D eigenvalue weighted by Gasteiger charge is -2.26. The maximum atomic E-state index is 13.2. The number of aliphatic hydroxyl groups excluding tert-OH is 1. The molecule has 2 atom stereocenters. The second-order valence-corrected chi connectivity index (χ2v) is 10.4. The van der Waals surface area contributed by atoms with E-state index in [9.17, 15) is 14.7 Å². The molecule has 0 saturated heterocycles. The van der Waals surface area contributed by atoms with E-state index in [1.165, 1.54) is 0 Å². The quantitative estimate of drug-likeness (QED) is 0.293. The van der Waals surface area contributed by atoms with Crippen LogP contribution in [0.25, 0.3) is 11.0 Å². The highest BCUT2D eigenvalue weighted by atomic mass is 16.5. The van der Waals surface area contributed by atoms with Crippen molar-refractivity contribution in [3.63, 3.8) is 0 Å². The summed E-state index contributed by atoms with van der Waals surface area (Å²) in [5.74, 6) is 0.360. The number of benzene rings is 3. The van der Waals surface area contributed by atoms with Crippen LogP contribution >= 0.6 is 0 Å². The number of anilines is 1. The van der Waals surface area contributed by atoms with E-state index in [1.807, 2.05) is 60.0 Å². The van der Waals surface area contributed by atoms with Crippen molar-refractivity contribution in [3.05, 3.63) is 89.5 Å². The predicted molar refractivity (Wildman–Crippen MR) is 153 cm³/mol. The number of nitrogens with zero attached hydrogens (tertiary/aromatic N) is 3. The maximum Gasteiger partial charge on any atom is 0.338 e. The molecule has 1 aromatic heterocycles. The predicted octanol–water partition coefficient (Wildman–Crippen LogP) is 3.87. The Morgan fingerprint density at radius 2 is 1.77 bits per heavy atom. The van der Waals surface area contributed by atoms with Gasteiger partial charge in [-0.05, 0) is 56.9 Å². The number of amides is 1. The third kappa shape index (κ3) is 6.16. The Hall–Kier alpha value is -4.21. The fraction of sp³-hybridized carbons (Fsp3) is 0.323. The number of aliphatic hydroxyl groups is 1. The maximum absolute atomic E-state index is 13.2. The number of fused-ring (bicyclic) bond motifs is 3. The summed E-state index contributed by atoms with van der Waals surface area (Å²) in [7, 11) is 3.94. The molecule has 3 aromatic carbocycles. The molecular weight excluding hydrogens is 508 g/mol. The number of esters is 1. The second kappa shape index (κ2) is 12.3. The van der Waals surface area contributed by atoms with Gasteiger partial charge in [0.05, 0.1) is 29.8 Å². The molecule has 9 heteroatoms. The highest BCUT2D eigenvalue weighted by molar-refractivity contribution is 6.04. The van der Waals surface area contributed by atoms with Gasteiger partial charge in [0.1, 0.15) is 5.75 Å². The molecule has 40 heavy (non-hydrogen) atoms.